The lowest BCUT2D eigenvalue weighted by Crippen LogP contribution is -2.10. The van der Waals surface area contributed by atoms with Crippen molar-refractivity contribution in [2.24, 2.45) is 5.92 Å². The first-order chi connectivity index (χ1) is 6.83. The first kappa shape index (κ1) is 9.72. The van der Waals surface area contributed by atoms with Crippen molar-refractivity contribution in [3.63, 3.8) is 0 Å². The third kappa shape index (κ3) is 1.69. The van der Waals surface area contributed by atoms with Crippen LogP contribution in [0.2, 0.25) is 0 Å². The Hall–Kier alpha value is -0.820. The smallest absolute Gasteiger partial charge is 0.00235 e. The molecule has 14 heavy (non-hydrogen) atoms. The van der Waals surface area contributed by atoms with Crippen molar-refractivity contribution in [3.8, 4) is 0 Å². The van der Waals surface area contributed by atoms with Gasteiger partial charge >= 0.3 is 0 Å². The molecular formula is C13H19N. The van der Waals surface area contributed by atoms with Crippen LogP contribution in [0.25, 0.3) is 0 Å². The fourth-order valence-corrected chi connectivity index (χ4v) is 2.53. The highest BCUT2D eigenvalue weighted by atomic mass is 14.9. The average Bonchev–Trinajstić information content (AvgIpc) is 2.66. The highest BCUT2D eigenvalue weighted by Gasteiger charge is 2.27. The summed E-state index contributed by atoms with van der Waals surface area (Å²) in [6.45, 7) is 6.86. The number of aryl methyl sites for hydroxylation is 1. The molecule has 2 atom stereocenters. The van der Waals surface area contributed by atoms with E-state index in [0.717, 1.165) is 18.4 Å². The van der Waals surface area contributed by atoms with Gasteiger partial charge in [0.25, 0.3) is 0 Å². The van der Waals surface area contributed by atoms with Gasteiger partial charge in [0.2, 0.25) is 0 Å². The predicted molar refractivity (Wildman–Crippen MR) is 60.6 cm³/mol. The van der Waals surface area contributed by atoms with Crippen LogP contribution in [0.15, 0.2) is 24.3 Å². The molecule has 1 N–H and O–H groups in total. The summed E-state index contributed by atoms with van der Waals surface area (Å²) in [6, 6.07) is 8.80. The van der Waals surface area contributed by atoms with E-state index >= 15 is 0 Å². The molecule has 1 fully saturated rings. The SMILES string of the molecule is CC[C@@H]1CNC[C@@H]1c1ccccc1C. The van der Waals surface area contributed by atoms with Crippen LogP contribution in [0.3, 0.4) is 0 Å². The first-order valence-corrected chi connectivity index (χ1v) is 5.59. The Morgan fingerprint density at radius 3 is 2.79 bits per heavy atom. The zero-order valence-electron chi connectivity index (χ0n) is 9.09. The van der Waals surface area contributed by atoms with Gasteiger partial charge in [-0.2, -0.15) is 0 Å². The summed E-state index contributed by atoms with van der Waals surface area (Å²) in [5.74, 6) is 1.57. The van der Waals surface area contributed by atoms with Crippen LogP contribution in [0.5, 0.6) is 0 Å². The van der Waals surface area contributed by atoms with Crippen molar-refractivity contribution in [3.05, 3.63) is 35.4 Å². The fraction of sp³-hybridized carbons (Fsp3) is 0.538. The molecule has 0 bridgehead atoms. The van der Waals surface area contributed by atoms with E-state index in [1.54, 1.807) is 5.56 Å². The maximum absolute atomic E-state index is 3.50. The van der Waals surface area contributed by atoms with Gasteiger partial charge in [0, 0.05) is 12.5 Å². The summed E-state index contributed by atoms with van der Waals surface area (Å²) in [5.41, 5.74) is 2.99. The van der Waals surface area contributed by atoms with E-state index in [9.17, 15) is 0 Å². The minimum Gasteiger partial charge on any atom is -0.316 e. The van der Waals surface area contributed by atoms with Gasteiger partial charge in [0.05, 0.1) is 0 Å². The van der Waals surface area contributed by atoms with Crippen molar-refractivity contribution in [1.82, 2.24) is 5.32 Å². The van der Waals surface area contributed by atoms with Gasteiger partial charge in [-0.15, -0.1) is 0 Å². The van der Waals surface area contributed by atoms with Crippen LogP contribution >= 0.6 is 0 Å². The molecule has 1 saturated heterocycles. The largest absolute Gasteiger partial charge is 0.316 e. The number of nitrogens with one attached hydrogen (secondary N) is 1. The molecule has 0 spiro atoms. The second-order valence-electron chi connectivity index (χ2n) is 4.29. The maximum Gasteiger partial charge on any atom is 0.00235 e. The van der Waals surface area contributed by atoms with Crippen molar-refractivity contribution >= 4 is 0 Å². The Balaban J connectivity index is 2.26. The van der Waals surface area contributed by atoms with Gasteiger partial charge in [-0.3, -0.25) is 0 Å². The predicted octanol–water partition coefficient (Wildman–Crippen LogP) is 2.71. The van der Waals surface area contributed by atoms with Crippen LogP contribution in [-0.2, 0) is 0 Å². The zero-order valence-corrected chi connectivity index (χ0v) is 9.09. The van der Waals surface area contributed by atoms with Gasteiger partial charge in [-0.1, -0.05) is 37.6 Å². The third-order valence-corrected chi connectivity index (χ3v) is 3.45. The maximum atomic E-state index is 3.50. The van der Waals surface area contributed by atoms with Crippen LogP contribution in [-0.4, -0.2) is 13.1 Å². The molecule has 0 radical (unpaired) electrons. The number of rotatable bonds is 2. The summed E-state index contributed by atoms with van der Waals surface area (Å²) in [5, 5.41) is 3.50. The monoisotopic (exact) mass is 189 g/mol. The Kier molecular flexibility index (Phi) is 2.87. The van der Waals surface area contributed by atoms with Gasteiger partial charge in [0.1, 0.15) is 0 Å². The molecule has 1 aromatic rings. The highest BCUT2D eigenvalue weighted by molar-refractivity contribution is 5.30. The lowest BCUT2D eigenvalue weighted by molar-refractivity contribution is 0.501. The van der Waals surface area contributed by atoms with Crippen molar-refractivity contribution in [2.75, 3.05) is 13.1 Å². The third-order valence-electron chi connectivity index (χ3n) is 3.45. The molecule has 1 aliphatic heterocycles. The molecule has 2 rings (SSSR count). The summed E-state index contributed by atoms with van der Waals surface area (Å²) in [4.78, 5) is 0. The number of hydrogen-bond donors (Lipinski definition) is 1. The minimum atomic E-state index is 0.737. The summed E-state index contributed by atoms with van der Waals surface area (Å²) in [6.07, 6.45) is 1.28. The van der Waals surface area contributed by atoms with E-state index in [1.165, 1.54) is 18.5 Å². The molecule has 0 aromatic heterocycles. The van der Waals surface area contributed by atoms with Crippen LogP contribution in [0.1, 0.15) is 30.4 Å². The Morgan fingerprint density at radius 1 is 1.29 bits per heavy atom. The lowest BCUT2D eigenvalue weighted by atomic mass is 9.85. The second kappa shape index (κ2) is 4.14. The topological polar surface area (TPSA) is 12.0 Å². The summed E-state index contributed by atoms with van der Waals surface area (Å²) in [7, 11) is 0. The van der Waals surface area contributed by atoms with Crippen LogP contribution < -0.4 is 5.32 Å². The normalized spacial score (nSPS) is 26.7. The Morgan fingerprint density at radius 2 is 2.07 bits per heavy atom. The molecule has 0 saturated carbocycles. The molecule has 1 heterocycles. The molecule has 76 valence electrons. The molecule has 0 unspecified atom stereocenters. The van der Waals surface area contributed by atoms with E-state index in [-0.39, 0.29) is 0 Å². The van der Waals surface area contributed by atoms with E-state index in [1.807, 2.05) is 0 Å². The molecule has 0 amide bonds. The summed E-state index contributed by atoms with van der Waals surface area (Å²) >= 11 is 0. The lowest BCUT2D eigenvalue weighted by Gasteiger charge is -2.19. The molecular weight excluding hydrogens is 170 g/mol. The highest BCUT2D eigenvalue weighted by Crippen LogP contribution is 2.31. The number of benzene rings is 1. The summed E-state index contributed by atoms with van der Waals surface area (Å²) < 4.78 is 0. The van der Waals surface area contributed by atoms with E-state index < -0.39 is 0 Å². The van der Waals surface area contributed by atoms with Crippen molar-refractivity contribution in [1.29, 1.82) is 0 Å². The van der Waals surface area contributed by atoms with Crippen molar-refractivity contribution < 1.29 is 0 Å². The molecule has 1 aromatic carbocycles. The molecule has 1 nitrogen and oxygen atoms in total. The van der Waals surface area contributed by atoms with Gasteiger partial charge in [0.15, 0.2) is 0 Å². The standard InChI is InChI=1S/C13H19N/c1-3-11-8-14-9-13(11)12-7-5-4-6-10(12)2/h4-7,11,13-14H,3,8-9H2,1-2H3/t11-,13+/m1/s1. The van der Waals surface area contributed by atoms with Crippen LogP contribution in [0.4, 0.5) is 0 Å². The fourth-order valence-electron chi connectivity index (χ4n) is 2.53. The quantitative estimate of drug-likeness (QED) is 0.754. The molecule has 0 aliphatic carbocycles. The average molecular weight is 189 g/mol. The molecule has 1 heteroatoms. The van der Waals surface area contributed by atoms with E-state index in [2.05, 4.69) is 43.4 Å². The van der Waals surface area contributed by atoms with Gasteiger partial charge < -0.3 is 5.32 Å². The first-order valence-electron chi connectivity index (χ1n) is 5.59. The van der Waals surface area contributed by atoms with Gasteiger partial charge in [-0.25, -0.2) is 0 Å². The van der Waals surface area contributed by atoms with E-state index in [0.29, 0.717) is 0 Å². The van der Waals surface area contributed by atoms with Crippen LogP contribution in [0, 0.1) is 12.8 Å². The Bertz CT molecular complexity index is 306. The number of hydrogen-bond acceptors (Lipinski definition) is 1. The molecule has 1 aliphatic rings. The Labute approximate surface area is 86.5 Å². The minimum absolute atomic E-state index is 0.737. The van der Waals surface area contributed by atoms with Crippen molar-refractivity contribution in [2.45, 2.75) is 26.2 Å². The second-order valence-corrected chi connectivity index (χ2v) is 4.29. The van der Waals surface area contributed by atoms with Gasteiger partial charge in [-0.05, 0) is 30.5 Å². The zero-order chi connectivity index (χ0) is 9.97. The van der Waals surface area contributed by atoms with E-state index in [4.69, 9.17) is 0 Å².